The zero-order valence-electron chi connectivity index (χ0n) is 10.7. The van der Waals surface area contributed by atoms with Crippen LogP contribution in [0.3, 0.4) is 0 Å². The Balaban J connectivity index is 1.60. The van der Waals surface area contributed by atoms with Crippen molar-refractivity contribution in [3.05, 3.63) is 42.2 Å². The molecule has 4 heteroatoms. The summed E-state index contributed by atoms with van der Waals surface area (Å²) >= 11 is 0. The molecule has 0 atom stereocenters. The fourth-order valence-corrected chi connectivity index (χ4v) is 2.14. The molecular weight excluding hydrogens is 238 g/mol. The van der Waals surface area contributed by atoms with E-state index in [2.05, 4.69) is 21.7 Å². The van der Waals surface area contributed by atoms with Crippen LogP contribution in [0, 0.1) is 0 Å². The van der Waals surface area contributed by atoms with Crippen LogP contribution in [0.4, 0.5) is 0 Å². The topological polar surface area (TPSA) is 54.0 Å². The molecule has 0 aliphatic heterocycles. The Morgan fingerprint density at radius 1 is 1.26 bits per heavy atom. The second-order valence-electron chi connectivity index (χ2n) is 4.97. The van der Waals surface area contributed by atoms with Gasteiger partial charge in [-0.15, -0.1) is 0 Å². The molecule has 0 spiro atoms. The highest BCUT2D eigenvalue weighted by Gasteiger charge is 2.22. The Morgan fingerprint density at radius 3 is 2.95 bits per heavy atom. The minimum absolute atomic E-state index is 0.0793. The van der Waals surface area contributed by atoms with Crippen molar-refractivity contribution in [3.63, 3.8) is 0 Å². The summed E-state index contributed by atoms with van der Waals surface area (Å²) in [4.78, 5) is 15.8. The van der Waals surface area contributed by atoms with E-state index in [1.54, 1.807) is 0 Å². The van der Waals surface area contributed by atoms with Crippen molar-refractivity contribution in [1.29, 1.82) is 0 Å². The van der Waals surface area contributed by atoms with Crippen molar-refractivity contribution in [1.82, 2.24) is 15.6 Å². The number of pyridine rings is 1. The van der Waals surface area contributed by atoms with Crippen LogP contribution in [0.15, 0.2) is 36.7 Å². The zero-order valence-corrected chi connectivity index (χ0v) is 10.7. The fraction of sp³-hybridized carbons (Fsp3) is 0.333. The molecule has 0 bridgehead atoms. The van der Waals surface area contributed by atoms with Gasteiger partial charge >= 0.3 is 0 Å². The van der Waals surface area contributed by atoms with Gasteiger partial charge in [0.15, 0.2) is 0 Å². The summed E-state index contributed by atoms with van der Waals surface area (Å²) < 4.78 is 0. The molecule has 1 fully saturated rings. The molecule has 0 unspecified atom stereocenters. The van der Waals surface area contributed by atoms with Gasteiger partial charge in [0.25, 0.3) is 0 Å². The van der Waals surface area contributed by atoms with E-state index in [0.29, 0.717) is 19.1 Å². The smallest absolute Gasteiger partial charge is 0.234 e. The molecule has 0 saturated heterocycles. The number of rotatable bonds is 5. The van der Waals surface area contributed by atoms with Crippen molar-refractivity contribution in [2.75, 3.05) is 6.54 Å². The number of nitrogens with one attached hydrogen (secondary N) is 2. The van der Waals surface area contributed by atoms with Crippen LogP contribution in [-0.4, -0.2) is 23.5 Å². The lowest BCUT2D eigenvalue weighted by Gasteiger charge is -2.08. The highest BCUT2D eigenvalue weighted by Crippen LogP contribution is 2.18. The second-order valence-corrected chi connectivity index (χ2v) is 4.97. The molecule has 1 aliphatic rings. The van der Waals surface area contributed by atoms with Gasteiger partial charge in [0, 0.05) is 30.4 Å². The van der Waals surface area contributed by atoms with Crippen molar-refractivity contribution >= 4 is 16.7 Å². The third-order valence-electron chi connectivity index (χ3n) is 3.29. The molecule has 1 amide bonds. The highest BCUT2D eigenvalue weighted by atomic mass is 16.2. The second kappa shape index (κ2) is 5.36. The first-order chi connectivity index (χ1) is 9.33. The number of amides is 1. The first-order valence-corrected chi connectivity index (χ1v) is 6.64. The van der Waals surface area contributed by atoms with E-state index in [9.17, 15) is 4.79 Å². The van der Waals surface area contributed by atoms with Gasteiger partial charge in [-0.05, 0) is 23.8 Å². The van der Waals surface area contributed by atoms with Gasteiger partial charge < -0.3 is 10.6 Å². The Labute approximate surface area is 112 Å². The number of benzene rings is 1. The maximum absolute atomic E-state index is 11.6. The van der Waals surface area contributed by atoms with Crippen LogP contribution in [0.25, 0.3) is 10.8 Å². The molecule has 2 aromatic rings. The normalized spacial score (nSPS) is 14.5. The average molecular weight is 255 g/mol. The van der Waals surface area contributed by atoms with Gasteiger partial charge in [-0.2, -0.15) is 0 Å². The number of hydrogen-bond donors (Lipinski definition) is 2. The molecule has 98 valence electrons. The standard InChI is InChI=1S/C15H17N3O/c19-15(18-13-5-6-13)10-17-9-12-8-16-7-11-3-1-2-4-14(11)12/h1-4,7-8,13,17H,5-6,9-10H2,(H,18,19). The predicted molar refractivity (Wildman–Crippen MR) is 74.6 cm³/mol. The molecule has 3 rings (SSSR count). The van der Waals surface area contributed by atoms with Crippen LogP contribution in [0.2, 0.25) is 0 Å². The van der Waals surface area contributed by atoms with Crippen LogP contribution < -0.4 is 10.6 Å². The number of hydrogen-bond acceptors (Lipinski definition) is 3. The third-order valence-corrected chi connectivity index (χ3v) is 3.29. The Bertz CT molecular complexity index is 587. The van der Waals surface area contributed by atoms with Gasteiger partial charge in [-0.1, -0.05) is 24.3 Å². The van der Waals surface area contributed by atoms with E-state index in [1.807, 2.05) is 30.6 Å². The summed E-state index contributed by atoms with van der Waals surface area (Å²) in [6.45, 7) is 1.02. The largest absolute Gasteiger partial charge is 0.352 e. The van der Waals surface area contributed by atoms with Crippen LogP contribution in [0.1, 0.15) is 18.4 Å². The van der Waals surface area contributed by atoms with Gasteiger partial charge in [0.1, 0.15) is 0 Å². The maximum atomic E-state index is 11.6. The lowest BCUT2D eigenvalue weighted by atomic mass is 10.1. The zero-order chi connectivity index (χ0) is 13.1. The summed E-state index contributed by atoms with van der Waals surface area (Å²) in [7, 11) is 0. The summed E-state index contributed by atoms with van der Waals surface area (Å²) in [5.41, 5.74) is 1.12. The molecule has 1 saturated carbocycles. The lowest BCUT2D eigenvalue weighted by molar-refractivity contribution is -0.120. The summed E-state index contributed by atoms with van der Waals surface area (Å²) in [6.07, 6.45) is 5.96. The number of nitrogens with zero attached hydrogens (tertiary/aromatic N) is 1. The van der Waals surface area contributed by atoms with E-state index in [-0.39, 0.29) is 5.91 Å². The van der Waals surface area contributed by atoms with Crippen LogP contribution in [0.5, 0.6) is 0 Å². The van der Waals surface area contributed by atoms with Crippen LogP contribution in [-0.2, 0) is 11.3 Å². The summed E-state index contributed by atoms with van der Waals surface area (Å²) in [5.74, 6) is 0.0793. The number of carbonyl (C=O) groups excluding carboxylic acids is 1. The van der Waals surface area contributed by atoms with Crippen molar-refractivity contribution in [2.45, 2.75) is 25.4 Å². The Morgan fingerprint density at radius 2 is 2.11 bits per heavy atom. The van der Waals surface area contributed by atoms with Gasteiger partial charge in [0.05, 0.1) is 6.54 Å². The summed E-state index contributed by atoms with van der Waals surface area (Å²) in [6, 6.07) is 8.58. The maximum Gasteiger partial charge on any atom is 0.234 e. The highest BCUT2D eigenvalue weighted by molar-refractivity contribution is 5.84. The van der Waals surface area contributed by atoms with Gasteiger partial charge in [-0.25, -0.2) is 0 Å². The Kier molecular flexibility index (Phi) is 3.42. The number of fused-ring (bicyclic) bond motifs is 1. The van der Waals surface area contributed by atoms with Gasteiger partial charge in [-0.3, -0.25) is 9.78 Å². The lowest BCUT2D eigenvalue weighted by Crippen LogP contribution is -2.34. The van der Waals surface area contributed by atoms with E-state index in [0.717, 1.165) is 23.8 Å². The molecule has 1 aromatic heterocycles. The molecule has 1 heterocycles. The number of aromatic nitrogens is 1. The van der Waals surface area contributed by atoms with Crippen LogP contribution >= 0.6 is 0 Å². The summed E-state index contributed by atoms with van der Waals surface area (Å²) in [5, 5.41) is 8.45. The first-order valence-electron chi connectivity index (χ1n) is 6.64. The fourth-order valence-electron chi connectivity index (χ4n) is 2.14. The quantitative estimate of drug-likeness (QED) is 0.853. The van der Waals surface area contributed by atoms with Crippen molar-refractivity contribution in [3.8, 4) is 0 Å². The van der Waals surface area contributed by atoms with E-state index < -0.39 is 0 Å². The molecule has 1 aromatic carbocycles. The monoisotopic (exact) mass is 255 g/mol. The van der Waals surface area contributed by atoms with E-state index in [4.69, 9.17) is 0 Å². The van der Waals surface area contributed by atoms with Crippen molar-refractivity contribution < 1.29 is 4.79 Å². The average Bonchev–Trinajstić information content (AvgIpc) is 3.23. The molecule has 19 heavy (non-hydrogen) atoms. The minimum atomic E-state index is 0.0793. The van der Waals surface area contributed by atoms with E-state index in [1.165, 1.54) is 5.39 Å². The molecule has 0 radical (unpaired) electrons. The molecular formula is C15H17N3O. The van der Waals surface area contributed by atoms with Crippen molar-refractivity contribution in [2.24, 2.45) is 0 Å². The molecule has 1 aliphatic carbocycles. The number of carbonyl (C=O) groups is 1. The molecule has 4 nitrogen and oxygen atoms in total. The first kappa shape index (κ1) is 12.1. The van der Waals surface area contributed by atoms with E-state index >= 15 is 0 Å². The molecule has 2 N–H and O–H groups in total. The SMILES string of the molecule is O=C(CNCc1cncc2ccccc12)NC1CC1. The predicted octanol–water partition coefficient (Wildman–Crippen LogP) is 1.60. The minimum Gasteiger partial charge on any atom is -0.352 e. The van der Waals surface area contributed by atoms with Gasteiger partial charge in [0.2, 0.25) is 5.91 Å². The Hall–Kier alpha value is -1.94. The third kappa shape index (κ3) is 3.09.